The summed E-state index contributed by atoms with van der Waals surface area (Å²) in [6.07, 6.45) is 1.57. The van der Waals surface area contributed by atoms with Gasteiger partial charge in [0.05, 0.1) is 11.0 Å². The molecule has 3 aromatic rings. The van der Waals surface area contributed by atoms with Crippen LogP contribution in [0.25, 0.3) is 11.0 Å². The highest BCUT2D eigenvalue weighted by molar-refractivity contribution is 5.78. The summed E-state index contributed by atoms with van der Waals surface area (Å²) >= 11 is 0. The van der Waals surface area contributed by atoms with E-state index in [2.05, 4.69) is 51.0 Å². The molecule has 0 saturated heterocycles. The van der Waals surface area contributed by atoms with Crippen LogP contribution in [-0.4, -0.2) is 33.2 Å². The molecule has 0 radical (unpaired) electrons. The average Bonchev–Trinajstić information content (AvgIpc) is 3.15. The summed E-state index contributed by atoms with van der Waals surface area (Å²) in [6, 6.07) is 6.18. The van der Waals surface area contributed by atoms with Gasteiger partial charge in [0.25, 0.3) is 5.95 Å². The van der Waals surface area contributed by atoms with Crippen LogP contribution in [-0.2, 0) is 12.8 Å². The summed E-state index contributed by atoms with van der Waals surface area (Å²) in [6.45, 7) is 7.81. The number of imidazole rings is 1. The highest BCUT2D eigenvalue weighted by atomic mass is 16.5. The van der Waals surface area contributed by atoms with Crippen LogP contribution < -0.4 is 4.90 Å². The Morgan fingerprint density at radius 3 is 2.77 bits per heavy atom. The van der Waals surface area contributed by atoms with Gasteiger partial charge in [-0.05, 0) is 30.6 Å². The number of para-hydroxylation sites is 1. The predicted octanol–water partition coefficient (Wildman–Crippen LogP) is 2.89. The van der Waals surface area contributed by atoms with Gasteiger partial charge in [-0.3, -0.25) is 0 Å². The van der Waals surface area contributed by atoms with Gasteiger partial charge in [-0.1, -0.05) is 19.1 Å². The van der Waals surface area contributed by atoms with Gasteiger partial charge in [-0.15, -0.1) is 0 Å². The second-order valence-electron chi connectivity index (χ2n) is 5.33. The number of rotatable bonds is 6. The lowest BCUT2D eigenvalue weighted by molar-refractivity contribution is 0.381. The molecule has 6 heteroatoms. The maximum absolute atomic E-state index is 5.19. The number of aromatic amines is 1. The zero-order valence-corrected chi connectivity index (χ0v) is 13.3. The van der Waals surface area contributed by atoms with Gasteiger partial charge in [0.1, 0.15) is 5.82 Å². The molecule has 3 rings (SSSR count). The molecule has 2 aromatic heterocycles. The third-order valence-corrected chi connectivity index (χ3v) is 3.81. The lowest BCUT2D eigenvalue weighted by Gasteiger charge is -2.17. The van der Waals surface area contributed by atoms with Crippen molar-refractivity contribution < 1.29 is 4.52 Å². The number of hydrogen-bond acceptors (Lipinski definition) is 5. The molecule has 0 aliphatic carbocycles. The van der Waals surface area contributed by atoms with Crippen molar-refractivity contribution in [2.75, 3.05) is 18.0 Å². The molecular formula is C16H21N5O. The Bertz CT molecular complexity index is 761. The van der Waals surface area contributed by atoms with Crippen molar-refractivity contribution >= 4 is 17.0 Å². The van der Waals surface area contributed by atoms with Crippen molar-refractivity contribution in [1.82, 2.24) is 20.1 Å². The number of H-pyrrole nitrogens is 1. The average molecular weight is 299 g/mol. The Kier molecular flexibility index (Phi) is 4.09. The van der Waals surface area contributed by atoms with Crippen LogP contribution in [0.2, 0.25) is 0 Å². The fraction of sp³-hybridized carbons (Fsp3) is 0.438. The number of nitrogens with zero attached hydrogens (tertiary/aromatic N) is 4. The third-order valence-electron chi connectivity index (χ3n) is 3.81. The van der Waals surface area contributed by atoms with Crippen LogP contribution in [0, 0.1) is 6.92 Å². The maximum atomic E-state index is 5.19. The van der Waals surface area contributed by atoms with E-state index in [4.69, 9.17) is 4.52 Å². The number of fused-ring (bicyclic) bond motifs is 1. The molecule has 0 spiro atoms. The Hall–Kier alpha value is -2.37. The minimum atomic E-state index is 0.659. The highest BCUT2D eigenvalue weighted by Gasteiger charge is 2.13. The van der Waals surface area contributed by atoms with Crippen LogP contribution in [0.5, 0.6) is 0 Å². The molecule has 0 fully saturated rings. The molecule has 22 heavy (non-hydrogen) atoms. The van der Waals surface area contributed by atoms with E-state index in [0.717, 1.165) is 42.8 Å². The van der Waals surface area contributed by atoms with Gasteiger partial charge in [0, 0.05) is 25.9 Å². The van der Waals surface area contributed by atoms with E-state index < -0.39 is 0 Å². The summed E-state index contributed by atoms with van der Waals surface area (Å²) < 4.78 is 5.19. The van der Waals surface area contributed by atoms with Gasteiger partial charge in [-0.2, -0.15) is 4.98 Å². The van der Waals surface area contributed by atoms with Crippen LogP contribution in [0.15, 0.2) is 22.7 Å². The molecule has 2 heterocycles. The number of anilines is 1. The molecular weight excluding hydrogens is 278 g/mol. The van der Waals surface area contributed by atoms with E-state index in [1.54, 1.807) is 0 Å². The van der Waals surface area contributed by atoms with Crippen molar-refractivity contribution in [1.29, 1.82) is 0 Å². The van der Waals surface area contributed by atoms with Gasteiger partial charge in [0.15, 0.2) is 0 Å². The lowest BCUT2D eigenvalue weighted by atomic mass is 10.2. The number of likely N-dealkylation sites (N-methyl/N-ethyl adjacent to an activating group) is 1. The smallest absolute Gasteiger partial charge is 0.266 e. The molecule has 1 N–H and O–H groups in total. The quantitative estimate of drug-likeness (QED) is 0.758. The highest BCUT2D eigenvalue weighted by Crippen LogP contribution is 2.16. The first-order valence-electron chi connectivity index (χ1n) is 7.73. The van der Waals surface area contributed by atoms with Crippen molar-refractivity contribution in [3.05, 3.63) is 35.5 Å². The maximum Gasteiger partial charge on any atom is 0.266 e. The predicted molar refractivity (Wildman–Crippen MR) is 86.1 cm³/mol. The number of hydrogen-bond donors (Lipinski definition) is 1. The topological polar surface area (TPSA) is 70.8 Å². The Morgan fingerprint density at radius 1 is 1.23 bits per heavy atom. The van der Waals surface area contributed by atoms with E-state index in [9.17, 15) is 0 Å². The zero-order valence-electron chi connectivity index (χ0n) is 13.3. The second-order valence-corrected chi connectivity index (χ2v) is 5.33. The van der Waals surface area contributed by atoms with Crippen molar-refractivity contribution in [2.45, 2.75) is 33.6 Å². The fourth-order valence-corrected chi connectivity index (χ4v) is 2.50. The number of benzene rings is 1. The second kappa shape index (κ2) is 6.17. The summed E-state index contributed by atoms with van der Waals surface area (Å²) in [5, 5.41) is 4.04. The van der Waals surface area contributed by atoms with Crippen LogP contribution in [0.4, 0.5) is 5.95 Å². The van der Waals surface area contributed by atoms with Crippen LogP contribution in [0.1, 0.15) is 31.1 Å². The molecule has 0 unspecified atom stereocenters. The minimum absolute atomic E-state index is 0.659. The van der Waals surface area contributed by atoms with Crippen LogP contribution in [0.3, 0.4) is 0 Å². The Labute approximate surface area is 129 Å². The number of aryl methyl sites for hydroxylation is 2. The van der Waals surface area contributed by atoms with E-state index in [1.165, 1.54) is 5.56 Å². The first kappa shape index (κ1) is 14.6. The van der Waals surface area contributed by atoms with Crippen molar-refractivity contribution in [3.63, 3.8) is 0 Å². The standard InChI is InChI=1S/C16H21N5O/c1-4-14-19-16(20-22-14)21(5-2)10-9-13-17-12-8-6-7-11(3)15(12)18-13/h6-8H,4-5,9-10H2,1-3H3,(H,17,18). The summed E-state index contributed by atoms with van der Waals surface area (Å²) in [4.78, 5) is 14.6. The monoisotopic (exact) mass is 299 g/mol. The van der Waals surface area contributed by atoms with Gasteiger partial charge < -0.3 is 14.4 Å². The number of nitrogens with one attached hydrogen (secondary N) is 1. The molecule has 0 atom stereocenters. The molecule has 0 amide bonds. The van der Waals surface area contributed by atoms with Gasteiger partial charge in [0.2, 0.25) is 5.89 Å². The van der Waals surface area contributed by atoms with Gasteiger partial charge >= 0.3 is 0 Å². The third kappa shape index (κ3) is 2.81. The molecule has 0 saturated carbocycles. The van der Waals surface area contributed by atoms with Gasteiger partial charge in [-0.25, -0.2) is 4.98 Å². The number of aromatic nitrogens is 4. The summed E-state index contributed by atoms with van der Waals surface area (Å²) in [5.74, 6) is 2.32. The molecule has 116 valence electrons. The Balaban J connectivity index is 1.72. The minimum Gasteiger partial charge on any atom is -0.342 e. The van der Waals surface area contributed by atoms with Crippen molar-refractivity contribution in [2.24, 2.45) is 0 Å². The first-order chi connectivity index (χ1) is 10.7. The molecule has 1 aromatic carbocycles. The van der Waals surface area contributed by atoms with Crippen molar-refractivity contribution in [3.8, 4) is 0 Å². The van der Waals surface area contributed by atoms with E-state index >= 15 is 0 Å². The van der Waals surface area contributed by atoms with E-state index in [-0.39, 0.29) is 0 Å². The Morgan fingerprint density at radius 2 is 2.09 bits per heavy atom. The summed E-state index contributed by atoms with van der Waals surface area (Å²) in [5.41, 5.74) is 3.33. The lowest BCUT2D eigenvalue weighted by Crippen LogP contribution is -2.26. The molecule has 0 bridgehead atoms. The molecule has 0 aliphatic rings. The fourth-order valence-electron chi connectivity index (χ4n) is 2.50. The van der Waals surface area contributed by atoms with E-state index in [1.807, 2.05) is 13.0 Å². The van der Waals surface area contributed by atoms with Crippen LogP contribution >= 0.6 is 0 Å². The van der Waals surface area contributed by atoms with E-state index in [0.29, 0.717) is 11.8 Å². The molecule has 6 nitrogen and oxygen atoms in total. The molecule has 0 aliphatic heterocycles. The summed E-state index contributed by atoms with van der Waals surface area (Å²) in [7, 11) is 0. The first-order valence-corrected chi connectivity index (χ1v) is 7.73. The largest absolute Gasteiger partial charge is 0.342 e. The SMILES string of the molecule is CCc1nc(N(CC)CCc2nc3c(C)cccc3[nH]2)no1. The normalized spacial score (nSPS) is 11.2. The zero-order chi connectivity index (χ0) is 15.5.